The molecule has 1 saturated heterocycles. The quantitative estimate of drug-likeness (QED) is 0.507. The van der Waals surface area contributed by atoms with Gasteiger partial charge in [0, 0.05) is 26.2 Å². The largest absolute Gasteiger partial charge is 0.386 e. The Balaban J connectivity index is 2.58. The van der Waals surface area contributed by atoms with Gasteiger partial charge in [-0.15, -0.1) is 0 Å². The van der Waals surface area contributed by atoms with Crippen molar-refractivity contribution in [3.8, 4) is 0 Å². The number of rotatable bonds is 4. The highest BCUT2D eigenvalue weighted by Gasteiger charge is 2.27. The number of amidine groups is 1. The van der Waals surface area contributed by atoms with E-state index < -0.39 is 10.0 Å². The van der Waals surface area contributed by atoms with Gasteiger partial charge in [-0.05, 0) is 6.42 Å². The maximum absolute atomic E-state index is 11.3. The molecule has 0 radical (unpaired) electrons. The van der Waals surface area contributed by atoms with Crippen molar-refractivity contribution in [2.75, 3.05) is 32.4 Å². The molecule has 0 aromatic heterocycles. The molecule has 1 aliphatic rings. The Morgan fingerprint density at radius 3 is 2.19 bits per heavy atom. The Kier molecular flexibility index (Phi) is 4.28. The molecule has 1 rings (SSSR count). The minimum atomic E-state index is -3.08. The van der Waals surface area contributed by atoms with Crippen LogP contribution < -0.4 is 5.73 Å². The second-order valence-electron chi connectivity index (χ2n) is 4.08. The summed E-state index contributed by atoms with van der Waals surface area (Å²) in [5, 5.41) is 7.47. The topological polar surface area (TPSA) is 90.5 Å². The maximum atomic E-state index is 11.3. The van der Waals surface area contributed by atoms with Crippen LogP contribution in [-0.2, 0) is 10.0 Å². The minimum absolute atomic E-state index is 0.0540. The van der Waals surface area contributed by atoms with Crippen molar-refractivity contribution >= 4 is 15.9 Å². The van der Waals surface area contributed by atoms with Crippen molar-refractivity contribution in [2.24, 2.45) is 5.73 Å². The Bertz CT molecular complexity index is 347. The average Bonchev–Trinajstić information content (AvgIpc) is 2.17. The lowest BCUT2D eigenvalue weighted by Gasteiger charge is -2.37. The highest BCUT2D eigenvalue weighted by atomic mass is 32.2. The van der Waals surface area contributed by atoms with Gasteiger partial charge in [-0.2, -0.15) is 4.31 Å². The van der Waals surface area contributed by atoms with E-state index in [0.717, 1.165) is 6.42 Å². The van der Waals surface area contributed by atoms with Crippen LogP contribution in [0, 0.1) is 5.41 Å². The fourth-order valence-electron chi connectivity index (χ4n) is 2.02. The fraction of sp³-hybridized carbons (Fsp3) is 0.889. The first-order valence-electron chi connectivity index (χ1n) is 5.39. The molecule has 0 aromatic rings. The summed E-state index contributed by atoms with van der Waals surface area (Å²) in [7, 11) is -3.08. The molecule has 0 bridgehead atoms. The van der Waals surface area contributed by atoms with Crippen molar-refractivity contribution in [2.45, 2.75) is 19.4 Å². The zero-order chi connectivity index (χ0) is 12.3. The van der Waals surface area contributed by atoms with E-state index >= 15 is 0 Å². The van der Waals surface area contributed by atoms with Gasteiger partial charge in [-0.3, -0.25) is 10.3 Å². The molecule has 0 saturated carbocycles. The fourth-order valence-corrected chi connectivity index (χ4v) is 2.85. The number of hydrogen-bond donors (Lipinski definition) is 2. The summed E-state index contributed by atoms with van der Waals surface area (Å²) in [4.78, 5) is 2.07. The zero-order valence-corrected chi connectivity index (χ0v) is 10.6. The lowest BCUT2D eigenvalue weighted by atomic mass is 10.1. The summed E-state index contributed by atoms with van der Waals surface area (Å²) >= 11 is 0. The molecular formula is C9H20N4O2S. The highest BCUT2D eigenvalue weighted by molar-refractivity contribution is 7.88. The third-order valence-electron chi connectivity index (χ3n) is 2.93. The number of nitrogens with zero attached hydrogens (tertiary/aromatic N) is 2. The molecule has 6 nitrogen and oxygen atoms in total. The van der Waals surface area contributed by atoms with Crippen molar-refractivity contribution in [1.82, 2.24) is 9.21 Å². The molecule has 1 unspecified atom stereocenters. The Hall–Kier alpha value is -0.660. The first-order valence-corrected chi connectivity index (χ1v) is 7.24. The van der Waals surface area contributed by atoms with Crippen LogP contribution in [0.15, 0.2) is 0 Å². The summed E-state index contributed by atoms with van der Waals surface area (Å²) in [5.74, 6) is 0.162. The number of piperazine rings is 1. The van der Waals surface area contributed by atoms with Crippen molar-refractivity contribution < 1.29 is 8.42 Å². The number of sulfonamides is 1. The van der Waals surface area contributed by atoms with Gasteiger partial charge < -0.3 is 5.73 Å². The molecule has 7 heteroatoms. The monoisotopic (exact) mass is 248 g/mol. The van der Waals surface area contributed by atoms with E-state index in [9.17, 15) is 8.42 Å². The number of nitrogens with one attached hydrogen (secondary N) is 1. The zero-order valence-electron chi connectivity index (χ0n) is 9.81. The van der Waals surface area contributed by atoms with Gasteiger partial charge in [-0.1, -0.05) is 6.92 Å². The summed E-state index contributed by atoms with van der Waals surface area (Å²) in [6, 6.07) is -0.0540. The third kappa shape index (κ3) is 3.16. The van der Waals surface area contributed by atoms with Gasteiger partial charge in [-0.25, -0.2) is 8.42 Å². The van der Waals surface area contributed by atoms with Gasteiger partial charge in [0.05, 0.1) is 12.3 Å². The normalized spacial score (nSPS) is 21.9. The molecular weight excluding hydrogens is 228 g/mol. The first-order chi connectivity index (χ1) is 7.36. The molecule has 3 N–H and O–H groups in total. The van der Waals surface area contributed by atoms with Gasteiger partial charge >= 0.3 is 0 Å². The lowest BCUT2D eigenvalue weighted by molar-refractivity contribution is 0.164. The van der Waals surface area contributed by atoms with Crippen LogP contribution in [0.25, 0.3) is 0 Å². The predicted molar refractivity (Wildman–Crippen MR) is 64.0 cm³/mol. The van der Waals surface area contributed by atoms with E-state index in [0.29, 0.717) is 26.2 Å². The van der Waals surface area contributed by atoms with Crippen LogP contribution in [0.4, 0.5) is 0 Å². The average molecular weight is 248 g/mol. The van der Waals surface area contributed by atoms with E-state index in [-0.39, 0.29) is 11.9 Å². The van der Waals surface area contributed by atoms with E-state index in [2.05, 4.69) is 4.90 Å². The summed E-state index contributed by atoms with van der Waals surface area (Å²) < 4.78 is 24.1. The van der Waals surface area contributed by atoms with Crippen molar-refractivity contribution in [1.29, 1.82) is 5.41 Å². The molecule has 0 aromatic carbocycles. The summed E-state index contributed by atoms with van der Waals surface area (Å²) in [6.45, 7) is 4.25. The standard InChI is InChI=1S/C9H20N4O2S/c1-3-8(9(10)11)12-4-6-13(7-5-12)16(2,14)15/h8H,3-7H2,1-2H3,(H3,10,11). The van der Waals surface area contributed by atoms with E-state index in [1.54, 1.807) is 0 Å². The molecule has 16 heavy (non-hydrogen) atoms. The van der Waals surface area contributed by atoms with Crippen molar-refractivity contribution in [3.05, 3.63) is 0 Å². The van der Waals surface area contributed by atoms with Gasteiger partial charge in [0.25, 0.3) is 0 Å². The second-order valence-corrected chi connectivity index (χ2v) is 6.06. The van der Waals surface area contributed by atoms with Crippen LogP contribution >= 0.6 is 0 Å². The maximum Gasteiger partial charge on any atom is 0.211 e. The van der Waals surface area contributed by atoms with E-state index in [1.807, 2.05) is 6.92 Å². The molecule has 1 atom stereocenters. The first kappa shape index (κ1) is 13.4. The van der Waals surface area contributed by atoms with Gasteiger partial charge in [0.2, 0.25) is 10.0 Å². The van der Waals surface area contributed by atoms with Crippen LogP contribution in [-0.4, -0.2) is 61.9 Å². The lowest BCUT2D eigenvalue weighted by Crippen LogP contribution is -2.54. The SMILES string of the molecule is CCC(C(=N)N)N1CCN(S(C)(=O)=O)CC1. The van der Waals surface area contributed by atoms with E-state index in [1.165, 1.54) is 10.6 Å². The van der Waals surface area contributed by atoms with Crippen LogP contribution in [0.3, 0.4) is 0 Å². The molecule has 0 amide bonds. The Morgan fingerprint density at radius 2 is 1.88 bits per heavy atom. The van der Waals surface area contributed by atoms with Gasteiger partial charge in [0.1, 0.15) is 5.84 Å². The van der Waals surface area contributed by atoms with Crippen LogP contribution in [0.1, 0.15) is 13.3 Å². The van der Waals surface area contributed by atoms with Gasteiger partial charge in [0.15, 0.2) is 0 Å². The number of hydrogen-bond acceptors (Lipinski definition) is 4. The third-order valence-corrected chi connectivity index (χ3v) is 4.23. The Labute approximate surface area is 97.0 Å². The second kappa shape index (κ2) is 5.11. The molecule has 1 aliphatic heterocycles. The van der Waals surface area contributed by atoms with Crippen molar-refractivity contribution in [3.63, 3.8) is 0 Å². The smallest absolute Gasteiger partial charge is 0.211 e. The van der Waals surface area contributed by atoms with E-state index in [4.69, 9.17) is 11.1 Å². The molecule has 0 aliphatic carbocycles. The molecule has 94 valence electrons. The highest BCUT2D eigenvalue weighted by Crippen LogP contribution is 2.11. The summed E-state index contributed by atoms with van der Waals surface area (Å²) in [5.41, 5.74) is 5.51. The van der Waals surface area contributed by atoms with Crippen LogP contribution in [0.2, 0.25) is 0 Å². The molecule has 1 fully saturated rings. The predicted octanol–water partition coefficient (Wildman–Crippen LogP) is -0.722. The van der Waals surface area contributed by atoms with Crippen LogP contribution in [0.5, 0.6) is 0 Å². The molecule has 1 heterocycles. The Morgan fingerprint density at radius 1 is 1.38 bits per heavy atom. The molecule has 0 spiro atoms. The number of nitrogens with two attached hydrogens (primary N) is 1. The summed E-state index contributed by atoms with van der Waals surface area (Å²) in [6.07, 6.45) is 2.01. The minimum Gasteiger partial charge on any atom is -0.386 e.